The minimum absolute atomic E-state index is 0. The molecule has 2 rings (SSSR count). The van der Waals surface area contributed by atoms with E-state index in [2.05, 4.69) is 15.3 Å². The molecule has 2 unspecified atom stereocenters. The minimum atomic E-state index is -1.07. The van der Waals surface area contributed by atoms with Crippen LogP contribution in [0.5, 0.6) is 0 Å². The summed E-state index contributed by atoms with van der Waals surface area (Å²) in [6.45, 7) is 1.71. The Labute approximate surface area is 102 Å². The maximum Gasteiger partial charge on any atom is 0.223 e. The van der Waals surface area contributed by atoms with E-state index in [0.717, 1.165) is 19.5 Å². The lowest BCUT2D eigenvalue weighted by Crippen LogP contribution is -2.19. The summed E-state index contributed by atoms with van der Waals surface area (Å²) >= 11 is 5.62. The van der Waals surface area contributed by atoms with Gasteiger partial charge in [-0.1, -0.05) is 0 Å². The van der Waals surface area contributed by atoms with Crippen LogP contribution in [0, 0.1) is 0 Å². The third-order valence-corrected chi connectivity index (χ3v) is 3.95. The molecule has 0 radical (unpaired) electrons. The third kappa shape index (κ3) is 3.11. The average Bonchev–Trinajstić information content (AvgIpc) is 2.69. The van der Waals surface area contributed by atoms with Crippen molar-refractivity contribution in [3.8, 4) is 0 Å². The highest BCUT2D eigenvalue weighted by molar-refractivity contribution is 7.85. The number of hydrogen-bond acceptors (Lipinski definition) is 4. The molecule has 0 amide bonds. The second kappa shape index (κ2) is 5.75. The molecule has 0 spiro atoms. The van der Waals surface area contributed by atoms with Crippen LogP contribution in [0.2, 0.25) is 5.28 Å². The molecule has 2 atom stereocenters. The molecule has 0 aromatic carbocycles. The minimum Gasteiger partial charge on any atom is -0.315 e. The molecule has 84 valence electrons. The Bertz CT molecular complexity index is 357. The van der Waals surface area contributed by atoms with E-state index in [4.69, 9.17) is 11.6 Å². The van der Waals surface area contributed by atoms with Crippen molar-refractivity contribution in [2.45, 2.75) is 16.7 Å². The first-order valence-corrected chi connectivity index (χ1v) is 5.96. The fourth-order valence-electron chi connectivity index (χ4n) is 1.41. The van der Waals surface area contributed by atoms with Gasteiger partial charge in [0.15, 0.2) is 0 Å². The molecule has 1 aliphatic heterocycles. The Kier molecular flexibility index (Phi) is 4.92. The molecule has 7 heteroatoms. The topological polar surface area (TPSA) is 54.9 Å². The first-order valence-electron chi connectivity index (χ1n) is 4.37. The first-order chi connectivity index (χ1) is 6.77. The summed E-state index contributed by atoms with van der Waals surface area (Å²) in [5.41, 5.74) is 0. The number of nitrogens with one attached hydrogen (secondary N) is 1. The Morgan fingerprint density at radius 1 is 1.60 bits per heavy atom. The average molecular weight is 268 g/mol. The standard InChI is InChI=1S/C8H10ClN3OS.ClH/c9-8-11-4-2-7(12-8)14(13)6-1-3-10-5-6;/h2,4,6,10H,1,3,5H2;1H. The summed E-state index contributed by atoms with van der Waals surface area (Å²) < 4.78 is 11.9. The number of nitrogens with zero attached hydrogens (tertiary/aromatic N) is 2. The molecule has 2 heterocycles. The van der Waals surface area contributed by atoms with Gasteiger partial charge in [-0.25, -0.2) is 9.97 Å². The van der Waals surface area contributed by atoms with Gasteiger partial charge in [-0.15, -0.1) is 12.4 Å². The lowest BCUT2D eigenvalue weighted by atomic mass is 10.4. The van der Waals surface area contributed by atoms with Gasteiger partial charge in [-0.2, -0.15) is 0 Å². The number of rotatable bonds is 2. The molecule has 1 aromatic heterocycles. The van der Waals surface area contributed by atoms with Crippen LogP contribution < -0.4 is 5.32 Å². The van der Waals surface area contributed by atoms with E-state index in [0.29, 0.717) is 5.03 Å². The Hall–Kier alpha value is -0.230. The van der Waals surface area contributed by atoms with Gasteiger partial charge in [-0.3, -0.25) is 4.21 Å². The highest BCUT2D eigenvalue weighted by Gasteiger charge is 2.23. The van der Waals surface area contributed by atoms with E-state index >= 15 is 0 Å². The van der Waals surface area contributed by atoms with Gasteiger partial charge in [0.25, 0.3) is 0 Å². The summed E-state index contributed by atoms with van der Waals surface area (Å²) in [5.74, 6) is 0. The summed E-state index contributed by atoms with van der Waals surface area (Å²) in [6.07, 6.45) is 2.46. The number of halogens is 2. The Morgan fingerprint density at radius 3 is 3.00 bits per heavy atom. The van der Waals surface area contributed by atoms with Crippen molar-refractivity contribution in [3.05, 3.63) is 17.5 Å². The highest BCUT2D eigenvalue weighted by Crippen LogP contribution is 2.14. The maximum absolute atomic E-state index is 11.9. The fraction of sp³-hybridized carbons (Fsp3) is 0.500. The van der Waals surface area contributed by atoms with Crippen molar-refractivity contribution >= 4 is 34.8 Å². The van der Waals surface area contributed by atoms with Crippen molar-refractivity contribution in [2.75, 3.05) is 13.1 Å². The monoisotopic (exact) mass is 267 g/mol. The van der Waals surface area contributed by atoms with Crippen LogP contribution in [0.25, 0.3) is 0 Å². The summed E-state index contributed by atoms with van der Waals surface area (Å²) in [7, 11) is -1.07. The van der Waals surface area contributed by atoms with Crippen LogP contribution >= 0.6 is 24.0 Å². The predicted octanol–water partition coefficient (Wildman–Crippen LogP) is 1.02. The zero-order chi connectivity index (χ0) is 9.97. The van der Waals surface area contributed by atoms with Crippen molar-refractivity contribution in [3.63, 3.8) is 0 Å². The van der Waals surface area contributed by atoms with E-state index in [1.165, 1.54) is 6.20 Å². The zero-order valence-corrected chi connectivity index (χ0v) is 10.2. The SMILES string of the molecule is Cl.O=S(c1ccnc(Cl)n1)C1CCNC1. The van der Waals surface area contributed by atoms with Gasteiger partial charge in [-0.05, 0) is 30.6 Å². The molecule has 0 aliphatic carbocycles. The smallest absolute Gasteiger partial charge is 0.223 e. The molecule has 15 heavy (non-hydrogen) atoms. The van der Waals surface area contributed by atoms with Crippen molar-refractivity contribution in [2.24, 2.45) is 0 Å². The first kappa shape index (κ1) is 12.8. The predicted molar refractivity (Wildman–Crippen MR) is 62.0 cm³/mol. The van der Waals surface area contributed by atoms with E-state index in [1.54, 1.807) is 6.07 Å². The summed E-state index contributed by atoms with van der Waals surface area (Å²) in [6, 6.07) is 1.65. The molecule has 1 aromatic rings. The van der Waals surface area contributed by atoms with E-state index in [1.807, 2.05) is 0 Å². The van der Waals surface area contributed by atoms with Crippen LogP contribution in [0.4, 0.5) is 0 Å². The van der Waals surface area contributed by atoms with Gasteiger partial charge in [0.1, 0.15) is 5.03 Å². The Morgan fingerprint density at radius 2 is 2.40 bits per heavy atom. The van der Waals surface area contributed by atoms with E-state index in [-0.39, 0.29) is 22.9 Å². The van der Waals surface area contributed by atoms with Gasteiger partial charge < -0.3 is 5.32 Å². The normalized spacial score (nSPS) is 22.1. The third-order valence-electron chi connectivity index (χ3n) is 2.12. The molecular formula is C8H11Cl2N3OS. The maximum atomic E-state index is 11.9. The summed E-state index contributed by atoms with van der Waals surface area (Å²) in [5, 5.41) is 4.00. The van der Waals surface area contributed by atoms with Crippen molar-refractivity contribution in [1.29, 1.82) is 0 Å². The molecule has 1 saturated heterocycles. The van der Waals surface area contributed by atoms with Crippen molar-refractivity contribution < 1.29 is 4.21 Å². The van der Waals surface area contributed by atoms with Gasteiger partial charge in [0.05, 0.1) is 16.0 Å². The molecular weight excluding hydrogens is 257 g/mol. The highest BCUT2D eigenvalue weighted by atomic mass is 35.5. The lowest BCUT2D eigenvalue weighted by Gasteiger charge is -2.06. The largest absolute Gasteiger partial charge is 0.315 e. The molecule has 1 aliphatic rings. The van der Waals surface area contributed by atoms with E-state index < -0.39 is 10.8 Å². The van der Waals surface area contributed by atoms with Gasteiger partial charge >= 0.3 is 0 Å². The number of aromatic nitrogens is 2. The second-order valence-electron chi connectivity index (χ2n) is 3.08. The molecule has 0 saturated carbocycles. The summed E-state index contributed by atoms with van der Waals surface area (Å²) in [4.78, 5) is 7.70. The van der Waals surface area contributed by atoms with Crippen LogP contribution in [0.15, 0.2) is 17.3 Å². The molecule has 4 nitrogen and oxygen atoms in total. The van der Waals surface area contributed by atoms with Gasteiger partial charge in [0, 0.05) is 12.7 Å². The second-order valence-corrected chi connectivity index (χ2v) is 5.09. The fourth-order valence-corrected chi connectivity index (χ4v) is 2.92. The number of hydrogen-bond donors (Lipinski definition) is 1. The zero-order valence-electron chi connectivity index (χ0n) is 7.85. The van der Waals surface area contributed by atoms with Crippen LogP contribution in [-0.4, -0.2) is 32.5 Å². The molecule has 1 N–H and O–H groups in total. The van der Waals surface area contributed by atoms with Gasteiger partial charge in [0.2, 0.25) is 5.28 Å². The quantitative estimate of drug-likeness (QED) is 0.642. The van der Waals surface area contributed by atoms with Crippen molar-refractivity contribution in [1.82, 2.24) is 15.3 Å². The molecule has 0 bridgehead atoms. The Balaban J connectivity index is 0.00000112. The molecule has 1 fully saturated rings. The van der Waals surface area contributed by atoms with E-state index in [9.17, 15) is 4.21 Å². The lowest BCUT2D eigenvalue weighted by molar-refractivity contribution is 0.669. The van der Waals surface area contributed by atoms with Crippen LogP contribution in [0.3, 0.4) is 0 Å². The van der Waals surface area contributed by atoms with Crippen LogP contribution in [-0.2, 0) is 10.8 Å². The van der Waals surface area contributed by atoms with Crippen LogP contribution in [0.1, 0.15) is 6.42 Å².